The number of carbonyl (C=O) groups is 1. The van der Waals surface area contributed by atoms with E-state index < -0.39 is 0 Å². The van der Waals surface area contributed by atoms with E-state index in [-0.39, 0.29) is 5.91 Å². The van der Waals surface area contributed by atoms with E-state index in [0.29, 0.717) is 11.8 Å². The van der Waals surface area contributed by atoms with Gasteiger partial charge in [-0.15, -0.1) is 0 Å². The lowest BCUT2D eigenvalue weighted by Crippen LogP contribution is -2.45. The summed E-state index contributed by atoms with van der Waals surface area (Å²) in [5.41, 5.74) is 0. The van der Waals surface area contributed by atoms with Gasteiger partial charge in [0, 0.05) is 19.1 Å². The number of rotatable bonds is 4. The van der Waals surface area contributed by atoms with Crippen molar-refractivity contribution in [2.75, 3.05) is 26.2 Å². The highest BCUT2D eigenvalue weighted by molar-refractivity contribution is 5.91. The van der Waals surface area contributed by atoms with Gasteiger partial charge < -0.3 is 14.2 Å². The van der Waals surface area contributed by atoms with E-state index in [4.69, 9.17) is 4.42 Å². The molecule has 0 aromatic carbocycles. The molecule has 0 unspecified atom stereocenters. The van der Waals surface area contributed by atoms with Gasteiger partial charge in [-0.3, -0.25) is 4.79 Å². The Morgan fingerprint density at radius 1 is 1.09 bits per heavy atom. The summed E-state index contributed by atoms with van der Waals surface area (Å²) in [6.07, 6.45) is 11.6. The van der Waals surface area contributed by atoms with Gasteiger partial charge >= 0.3 is 0 Å². The van der Waals surface area contributed by atoms with Gasteiger partial charge in [0.05, 0.1) is 6.26 Å². The first-order chi connectivity index (χ1) is 10.8. The summed E-state index contributed by atoms with van der Waals surface area (Å²) < 4.78 is 5.31. The van der Waals surface area contributed by atoms with E-state index in [1.54, 1.807) is 18.4 Å². The second kappa shape index (κ2) is 7.82. The number of nitrogens with zero attached hydrogens (tertiary/aromatic N) is 2. The highest BCUT2D eigenvalue weighted by Gasteiger charge is 2.29. The molecular weight excluding hydrogens is 276 g/mol. The number of hydrogen-bond acceptors (Lipinski definition) is 3. The molecule has 0 bridgehead atoms. The Labute approximate surface area is 133 Å². The molecule has 2 saturated heterocycles. The maximum absolute atomic E-state index is 12.6. The maximum atomic E-state index is 12.6. The van der Waals surface area contributed by atoms with Gasteiger partial charge in [0.15, 0.2) is 5.76 Å². The van der Waals surface area contributed by atoms with E-state index in [9.17, 15) is 4.79 Å². The van der Waals surface area contributed by atoms with Crippen LogP contribution in [-0.4, -0.2) is 47.9 Å². The van der Waals surface area contributed by atoms with Gasteiger partial charge in [-0.1, -0.05) is 12.8 Å². The molecule has 3 rings (SSSR count). The van der Waals surface area contributed by atoms with Crippen LogP contribution in [0.25, 0.3) is 0 Å². The summed E-state index contributed by atoms with van der Waals surface area (Å²) in [5.74, 6) is 0.562. The van der Waals surface area contributed by atoms with Crippen LogP contribution in [0.15, 0.2) is 22.8 Å². The summed E-state index contributed by atoms with van der Waals surface area (Å²) in [5, 5.41) is 0. The van der Waals surface area contributed by atoms with E-state index in [2.05, 4.69) is 9.80 Å². The molecule has 1 atom stereocenters. The molecule has 2 fully saturated rings. The summed E-state index contributed by atoms with van der Waals surface area (Å²) in [6, 6.07) is 3.96. The summed E-state index contributed by atoms with van der Waals surface area (Å²) in [7, 11) is 0. The topological polar surface area (TPSA) is 36.7 Å². The monoisotopic (exact) mass is 304 g/mol. The normalized spacial score (nSPS) is 24.2. The van der Waals surface area contributed by atoms with Crippen LogP contribution < -0.4 is 0 Å². The third-order valence-corrected chi connectivity index (χ3v) is 5.10. The molecule has 4 nitrogen and oxygen atoms in total. The first-order valence-electron chi connectivity index (χ1n) is 8.91. The second-order valence-electron chi connectivity index (χ2n) is 6.67. The quantitative estimate of drug-likeness (QED) is 0.853. The summed E-state index contributed by atoms with van der Waals surface area (Å²) in [6.45, 7) is 4.48. The van der Waals surface area contributed by atoms with Crippen LogP contribution in [0.3, 0.4) is 0 Å². The Morgan fingerprint density at radius 2 is 1.86 bits per heavy atom. The molecule has 4 heteroatoms. The van der Waals surface area contributed by atoms with Crippen molar-refractivity contribution in [1.82, 2.24) is 9.80 Å². The van der Waals surface area contributed by atoms with E-state index in [1.165, 1.54) is 45.2 Å². The van der Waals surface area contributed by atoms with Crippen molar-refractivity contribution in [3.63, 3.8) is 0 Å². The minimum atomic E-state index is 0.0746. The second-order valence-corrected chi connectivity index (χ2v) is 6.67. The van der Waals surface area contributed by atoms with E-state index in [0.717, 1.165) is 32.4 Å². The summed E-state index contributed by atoms with van der Waals surface area (Å²) >= 11 is 0. The van der Waals surface area contributed by atoms with E-state index >= 15 is 0 Å². The summed E-state index contributed by atoms with van der Waals surface area (Å²) in [4.78, 5) is 17.2. The van der Waals surface area contributed by atoms with Crippen LogP contribution in [0.1, 0.15) is 61.9 Å². The SMILES string of the molecule is O=C(c1ccco1)N1CCCC[C@@H]1CCN1CCCCCC1. The minimum Gasteiger partial charge on any atom is -0.459 e. The van der Waals surface area contributed by atoms with Crippen molar-refractivity contribution >= 4 is 5.91 Å². The van der Waals surface area contributed by atoms with Crippen molar-refractivity contribution in [1.29, 1.82) is 0 Å². The number of piperidine rings is 1. The van der Waals surface area contributed by atoms with Crippen molar-refractivity contribution in [2.45, 2.75) is 57.4 Å². The Bertz CT molecular complexity index is 450. The molecule has 2 aliphatic rings. The lowest BCUT2D eigenvalue weighted by atomic mass is 9.98. The number of carbonyl (C=O) groups excluding carboxylic acids is 1. The molecule has 1 aromatic heterocycles. The molecule has 0 N–H and O–H groups in total. The van der Waals surface area contributed by atoms with Gasteiger partial charge in [-0.25, -0.2) is 0 Å². The van der Waals surface area contributed by atoms with Crippen LogP contribution in [0.5, 0.6) is 0 Å². The predicted octanol–water partition coefficient (Wildman–Crippen LogP) is 3.54. The Morgan fingerprint density at radius 3 is 2.59 bits per heavy atom. The zero-order chi connectivity index (χ0) is 15.2. The van der Waals surface area contributed by atoms with Crippen molar-refractivity contribution < 1.29 is 9.21 Å². The van der Waals surface area contributed by atoms with Gasteiger partial charge in [0.25, 0.3) is 5.91 Å². The lowest BCUT2D eigenvalue weighted by Gasteiger charge is -2.36. The molecule has 2 aliphatic heterocycles. The number of amides is 1. The molecule has 22 heavy (non-hydrogen) atoms. The van der Waals surface area contributed by atoms with Crippen molar-refractivity contribution in [2.24, 2.45) is 0 Å². The molecule has 3 heterocycles. The van der Waals surface area contributed by atoms with Crippen LogP contribution >= 0.6 is 0 Å². The Hall–Kier alpha value is -1.29. The number of furan rings is 1. The number of likely N-dealkylation sites (tertiary alicyclic amines) is 2. The first kappa shape index (κ1) is 15.6. The van der Waals surface area contributed by atoms with Crippen LogP contribution in [0, 0.1) is 0 Å². The molecule has 0 spiro atoms. The van der Waals surface area contributed by atoms with Gasteiger partial charge in [0.1, 0.15) is 0 Å². The third kappa shape index (κ3) is 3.92. The highest BCUT2D eigenvalue weighted by atomic mass is 16.3. The molecule has 1 aromatic rings. The first-order valence-corrected chi connectivity index (χ1v) is 8.91. The highest BCUT2D eigenvalue weighted by Crippen LogP contribution is 2.23. The minimum absolute atomic E-state index is 0.0746. The van der Waals surface area contributed by atoms with Crippen molar-refractivity contribution in [3.05, 3.63) is 24.2 Å². The van der Waals surface area contributed by atoms with Gasteiger partial charge in [-0.2, -0.15) is 0 Å². The fourth-order valence-electron chi connectivity index (χ4n) is 3.80. The molecule has 122 valence electrons. The van der Waals surface area contributed by atoms with Crippen LogP contribution in [0.2, 0.25) is 0 Å². The molecule has 0 radical (unpaired) electrons. The third-order valence-electron chi connectivity index (χ3n) is 5.10. The number of hydrogen-bond donors (Lipinski definition) is 0. The fourth-order valence-corrected chi connectivity index (χ4v) is 3.80. The van der Waals surface area contributed by atoms with Gasteiger partial charge in [0.2, 0.25) is 0 Å². The van der Waals surface area contributed by atoms with E-state index in [1.807, 2.05) is 0 Å². The Kier molecular flexibility index (Phi) is 5.54. The molecule has 0 aliphatic carbocycles. The Balaban J connectivity index is 1.56. The lowest BCUT2D eigenvalue weighted by molar-refractivity contribution is 0.0552. The molecule has 0 saturated carbocycles. The van der Waals surface area contributed by atoms with Crippen LogP contribution in [0.4, 0.5) is 0 Å². The fraction of sp³-hybridized carbons (Fsp3) is 0.722. The average molecular weight is 304 g/mol. The molecular formula is C18H28N2O2. The van der Waals surface area contributed by atoms with Gasteiger partial charge in [-0.05, 0) is 63.7 Å². The zero-order valence-corrected chi connectivity index (χ0v) is 13.5. The van der Waals surface area contributed by atoms with Crippen molar-refractivity contribution in [3.8, 4) is 0 Å². The largest absolute Gasteiger partial charge is 0.459 e. The molecule has 1 amide bonds. The average Bonchev–Trinajstić information content (AvgIpc) is 2.97. The maximum Gasteiger partial charge on any atom is 0.289 e. The standard InChI is InChI=1S/C18H28N2O2/c21-18(17-9-7-15-22-17)20-13-6-3-8-16(20)10-14-19-11-4-1-2-5-12-19/h7,9,15-16H,1-6,8,10-14H2/t16-/m1/s1. The smallest absolute Gasteiger partial charge is 0.289 e. The van der Waals surface area contributed by atoms with Crippen LogP contribution in [-0.2, 0) is 0 Å². The zero-order valence-electron chi connectivity index (χ0n) is 13.5. The predicted molar refractivity (Wildman–Crippen MR) is 86.9 cm³/mol.